The molecule has 4 rings (SSSR count). The predicted octanol–water partition coefficient (Wildman–Crippen LogP) is 9.02. The fourth-order valence-electron chi connectivity index (χ4n) is 3.31. The minimum absolute atomic E-state index is 0.0297. The molecule has 10 heteroatoms. The average molecular weight is 622 g/mol. The van der Waals surface area contributed by atoms with Crippen LogP contribution in [0.15, 0.2) is 84.9 Å². The highest BCUT2D eigenvalue weighted by Gasteiger charge is 2.15. The third-order valence-electron chi connectivity index (χ3n) is 5.21. The molecule has 0 bridgehead atoms. The first-order chi connectivity index (χ1) is 19.2. The Hall–Kier alpha value is -3.42. The van der Waals surface area contributed by atoms with E-state index >= 15 is 0 Å². The first-order valence-electron chi connectivity index (χ1n) is 11.9. The van der Waals surface area contributed by atoms with Gasteiger partial charge in [-0.1, -0.05) is 107 Å². The summed E-state index contributed by atoms with van der Waals surface area (Å²) >= 11 is 24.2. The van der Waals surface area contributed by atoms with Crippen LogP contribution in [0.4, 0.5) is 0 Å². The van der Waals surface area contributed by atoms with Crippen molar-refractivity contribution in [2.75, 3.05) is 6.61 Å². The Morgan fingerprint density at radius 2 is 1.02 bits per heavy atom. The number of hydrogen-bond acceptors (Lipinski definition) is 5. The lowest BCUT2D eigenvalue weighted by Crippen LogP contribution is -2.05. The van der Waals surface area contributed by atoms with E-state index in [1.54, 1.807) is 6.92 Å². The smallest absolute Gasteiger partial charge is 0.338 e. The van der Waals surface area contributed by atoms with Crippen molar-refractivity contribution < 1.29 is 28.9 Å². The van der Waals surface area contributed by atoms with Crippen LogP contribution in [0.5, 0.6) is 11.5 Å². The van der Waals surface area contributed by atoms with Gasteiger partial charge in [0, 0.05) is 0 Å². The van der Waals surface area contributed by atoms with Gasteiger partial charge in [-0.05, 0) is 42.3 Å². The molecule has 40 heavy (non-hydrogen) atoms. The van der Waals surface area contributed by atoms with Crippen molar-refractivity contribution in [3.05, 3.63) is 127 Å². The Kier molecular flexibility index (Phi) is 12.0. The van der Waals surface area contributed by atoms with Crippen LogP contribution in [0.3, 0.4) is 0 Å². The van der Waals surface area contributed by atoms with Gasteiger partial charge in [0.1, 0.15) is 13.2 Å². The van der Waals surface area contributed by atoms with E-state index in [0.29, 0.717) is 31.1 Å². The third-order valence-corrected chi connectivity index (χ3v) is 6.33. The number of carbonyl (C=O) groups excluding carboxylic acids is 1. The van der Waals surface area contributed by atoms with Crippen LogP contribution in [0.2, 0.25) is 20.1 Å². The van der Waals surface area contributed by atoms with Gasteiger partial charge in [-0.3, -0.25) is 0 Å². The lowest BCUT2D eigenvalue weighted by atomic mass is 10.2. The molecule has 0 aliphatic heterocycles. The number of ether oxygens (including phenoxy) is 3. The Labute approximate surface area is 251 Å². The maximum Gasteiger partial charge on any atom is 0.338 e. The molecule has 1 N–H and O–H groups in total. The molecule has 0 amide bonds. The summed E-state index contributed by atoms with van der Waals surface area (Å²) in [4.78, 5) is 22.5. The van der Waals surface area contributed by atoms with Crippen molar-refractivity contribution in [2.45, 2.75) is 20.1 Å². The van der Waals surface area contributed by atoms with Crippen LogP contribution in [-0.2, 0) is 18.0 Å². The largest absolute Gasteiger partial charge is 0.486 e. The maximum atomic E-state index is 11.7. The Bertz CT molecular complexity index is 1400. The minimum Gasteiger partial charge on any atom is -0.486 e. The number of rotatable bonds is 9. The number of halogens is 4. The highest BCUT2D eigenvalue weighted by Crippen LogP contribution is 2.36. The minimum atomic E-state index is -1.08. The van der Waals surface area contributed by atoms with Gasteiger partial charge >= 0.3 is 11.9 Å². The number of carboxylic acid groups (broad SMARTS) is 1. The van der Waals surface area contributed by atoms with Crippen molar-refractivity contribution >= 4 is 58.3 Å². The van der Waals surface area contributed by atoms with E-state index in [0.717, 1.165) is 11.1 Å². The molecule has 208 valence electrons. The molecule has 0 radical (unpaired) electrons. The zero-order valence-electron chi connectivity index (χ0n) is 21.2. The molecule has 0 saturated heterocycles. The molecule has 0 fully saturated rings. The summed E-state index contributed by atoms with van der Waals surface area (Å²) in [5.41, 5.74) is 2.30. The second-order valence-electron chi connectivity index (χ2n) is 8.11. The van der Waals surface area contributed by atoms with E-state index in [-0.39, 0.29) is 31.4 Å². The van der Waals surface area contributed by atoms with Gasteiger partial charge in [-0.15, -0.1) is 0 Å². The standard InChI is InChI=1S/C16H14Cl2O3.C14H10Cl2O3/c1-2-20-16(19)12-8-13(17)15(14(18)9-12)21-10-11-6-4-3-5-7-11;15-11-6-10(14(17)18)7-12(16)13(11)19-8-9-4-2-1-3-5-9/h3-9H,2,10H2,1H3;1-7H,8H2,(H,17,18). The summed E-state index contributed by atoms with van der Waals surface area (Å²) in [7, 11) is 0. The monoisotopic (exact) mass is 620 g/mol. The maximum absolute atomic E-state index is 11.7. The average Bonchev–Trinajstić information content (AvgIpc) is 2.93. The van der Waals surface area contributed by atoms with E-state index in [2.05, 4.69) is 0 Å². The first-order valence-corrected chi connectivity index (χ1v) is 13.4. The summed E-state index contributed by atoms with van der Waals surface area (Å²) in [5, 5.41) is 9.80. The molecule has 4 aromatic rings. The van der Waals surface area contributed by atoms with Crippen LogP contribution in [-0.4, -0.2) is 23.7 Å². The number of hydrogen-bond donors (Lipinski definition) is 1. The van der Waals surface area contributed by atoms with E-state index in [1.165, 1.54) is 24.3 Å². The van der Waals surface area contributed by atoms with Crippen LogP contribution in [0.1, 0.15) is 38.8 Å². The van der Waals surface area contributed by atoms with Crippen LogP contribution < -0.4 is 9.47 Å². The molecule has 0 heterocycles. The van der Waals surface area contributed by atoms with Gasteiger partial charge in [0.2, 0.25) is 0 Å². The van der Waals surface area contributed by atoms with Gasteiger partial charge in [-0.25, -0.2) is 9.59 Å². The van der Waals surface area contributed by atoms with Gasteiger partial charge in [-0.2, -0.15) is 0 Å². The molecule has 0 saturated carbocycles. The lowest BCUT2D eigenvalue weighted by Gasteiger charge is -2.11. The van der Waals surface area contributed by atoms with Crippen LogP contribution >= 0.6 is 46.4 Å². The van der Waals surface area contributed by atoms with Gasteiger partial charge < -0.3 is 19.3 Å². The molecule has 0 spiro atoms. The lowest BCUT2D eigenvalue weighted by molar-refractivity contribution is 0.0525. The van der Waals surface area contributed by atoms with Gasteiger partial charge in [0.05, 0.1) is 37.8 Å². The summed E-state index contributed by atoms with van der Waals surface area (Å²) in [5.74, 6) is -0.901. The summed E-state index contributed by atoms with van der Waals surface area (Å²) in [6.07, 6.45) is 0. The van der Waals surface area contributed by atoms with Gasteiger partial charge in [0.25, 0.3) is 0 Å². The molecule has 0 unspecified atom stereocenters. The zero-order valence-corrected chi connectivity index (χ0v) is 24.2. The molecule has 4 aromatic carbocycles. The topological polar surface area (TPSA) is 82.1 Å². The Morgan fingerprint density at radius 1 is 0.650 bits per heavy atom. The molecule has 0 atom stereocenters. The van der Waals surface area contributed by atoms with E-state index in [9.17, 15) is 9.59 Å². The number of esters is 1. The highest BCUT2D eigenvalue weighted by atomic mass is 35.5. The summed E-state index contributed by atoms with van der Waals surface area (Å²) < 4.78 is 16.1. The van der Waals surface area contributed by atoms with Crippen molar-refractivity contribution in [3.63, 3.8) is 0 Å². The molecule has 0 aliphatic rings. The van der Waals surface area contributed by atoms with Crippen molar-refractivity contribution in [3.8, 4) is 11.5 Å². The van der Waals surface area contributed by atoms with Gasteiger partial charge in [0.15, 0.2) is 11.5 Å². The quantitative estimate of drug-likeness (QED) is 0.188. The van der Waals surface area contributed by atoms with Crippen LogP contribution in [0.25, 0.3) is 0 Å². The van der Waals surface area contributed by atoms with Crippen molar-refractivity contribution in [2.24, 2.45) is 0 Å². The number of carbonyl (C=O) groups is 2. The Balaban J connectivity index is 0.000000222. The molecule has 0 aliphatic carbocycles. The normalized spacial score (nSPS) is 10.2. The molecule has 0 aromatic heterocycles. The molecular formula is C30H24Cl4O6. The molecule has 6 nitrogen and oxygen atoms in total. The summed E-state index contributed by atoms with van der Waals surface area (Å²) in [6.45, 7) is 2.69. The highest BCUT2D eigenvalue weighted by molar-refractivity contribution is 6.38. The second kappa shape index (κ2) is 15.4. The fourth-order valence-corrected chi connectivity index (χ4v) is 4.50. The Morgan fingerprint density at radius 3 is 1.38 bits per heavy atom. The van der Waals surface area contributed by atoms with E-state index in [4.69, 9.17) is 65.7 Å². The van der Waals surface area contributed by atoms with Crippen LogP contribution in [0, 0.1) is 0 Å². The third kappa shape index (κ3) is 9.07. The second-order valence-corrected chi connectivity index (χ2v) is 9.74. The zero-order chi connectivity index (χ0) is 29.1. The number of aromatic carboxylic acids is 1. The predicted molar refractivity (Wildman–Crippen MR) is 157 cm³/mol. The number of benzene rings is 4. The molecular weight excluding hydrogens is 598 g/mol. The fraction of sp³-hybridized carbons (Fsp3) is 0.133. The summed E-state index contributed by atoms with van der Waals surface area (Å²) in [6, 6.07) is 24.8. The van der Waals surface area contributed by atoms with E-state index in [1.807, 2.05) is 60.7 Å². The SMILES string of the molecule is CCOC(=O)c1cc(Cl)c(OCc2ccccc2)c(Cl)c1.O=C(O)c1cc(Cl)c(OCc2ccccc2)c(Cl)c1. The van der Waals surface area contributed by atoms with Crippen molar-refractivity contribution in [1.29, 1.82) is 0 Å². The van der Waals surface area contributed by atoms with E-state index < -0.39 is 11.9 Å². The van der Waals surface area contributed by atoms with Crippen molar-refractivity contribution in [1.82, 2.24) is 0 Å². The first kappa shape index (κ1) is 31.1. The number of carboxylic acids is 1.